The molecule has 0 saturated carbocycles. The number of likely N-dealkylation sites (N-methyl/N-ethyl adjacent to an activating group) is 2. The van der Waals surface area contributed by atoms with Gasteiger partial charge in [0.25, 0.3) is 0 Å². The molecule has 1 aromatic rings. The first-order valence-corrected chi connectivity index (χ1v) is 5.62. The molecule has 0 saturated heterocycles. The van der Waals surface area contributed by atoms with Crippen LogP contribution in [0.2, 0.25) is 0 Å². The Kier molecular flexibility index (Phi) is 4.82. The lowest BCUT2D eigenvalue weighted by atomic mass is 10.3. The molecular formula is C11H16F2N4O. The van der Waals surface area contributed by atoms with Crippen molar-refractivity contribution in [1.29, 1.82) is 0 Å². The van der Waals surface area contributed by atoms with E-state index in [1.54, 1.807) is 13.8 Å². The number of nitrogen functional groups attached to an aromatic ring is 1. The third kappa shape index (κ3) is 3.28. The lowest BCUT2D eigenvalue weighted by molar-refractivity contribution is -0.119. The Morgan fingerprint density at radius 3 is 2.67 bits per heavy atom. The molecule has 0 aliphatic rings. The highest BCUT2D eigenvalue weighted by molar-refractivity contribution is 5.81. The number of nitrogens with one attached hydrogen (secondary N) is 1. The molecule has 0 fully saturated rings. The van der Waals surface area contributed by atoms with Crippen LogP contribution in [0.1, 0.15) is 13.8 Å². The van der Waals surface area contributed by atoms with Gasteiger partial charge >= 0.3 is 0 Å². The van der Waals surface area contributed by atoms with Crippen molar-refractivity contribution >= 4 is 17.5 Å². The van der Waals surface area contributed by atoms with Crippen molar-refractivity contribution in [3.63, 3.8) is 0 Å². The zero-order valence-corrected chi connectivity index (χ0v) is 10.3. The van der Waals surface area contributed by atoms with Crippen molar-refractivity contribution in [3.8, 4) is 0 Å². The molecule has 0 bridgehead atoms. The Labute approximate surface area is 104 Å². The van der Waals surface area contributed by atoms with Gasteiger partial charge in [-0.1, -0.05) is 0 Å². The van der Waals surface area contributed by atoms with Gasteiger partial charge in [-0.05, 0) is 13.8 Å². The minimum absolute atomic E-state index is 0.0562. The van der Waals surface area contributed by atoms with Crippen LogP contribution in [0.4, 0.5) is 20.4 Å². The molecule has 0 aromatic carbocycles. The number of aromatic nitrogens is 1. The van der Waals surface area contributed by atoms with Gasteiger partial charge in [0.1, 0.15) is 0 Å². The van der Waals surface area contributed by atoms with Crippen LogP contribution >= 0.6 is 0 Å². The minimum Gasteiger partial charge on any atom is -0.381 e. The SMILES string of the molecule is CCNC(=O)CN(CC)c1nc(N)c(F)cc1F. The van der Waals surface area contributed by atoms with Crippen molar-refractivity contribution < 1.29 is 13.6 Å². The fraction of sp³-hybridized carbons (Fsp3) is 0.455. The summed E-state index contributed by atoms with van der Waals surface area (Å²) in [5, 5.41) is 2.59. The topological polar surface area (TPSA) is 71.2 Å². The highest BCUT2D eigenvalue weighted by atomic mass is 19.1. The van der Waals surface area contributed by atoms with Gasteiger partial charge in [0.05, 0.1) is 6.54 Å². The summed E-state index contributed by atoms with van der Waals surface area (Å²) in [5.74, 6) is -2.52. The van der Waals surface area contributed by atoms with E-state index in [1.165, 1.54) is 4.90 Å². The maximum Gasteiger partial charge on any atom is 0.239 e. The maximum atomic E-state index is 13.6. The van der Waals surface area contributed by atoms with Gasteiger partial charge in [-0.2, -0.15) is 0 Å². The summed E-state index contributed by atoms with van der Waals surface area (Å²) in [6, 6.07) is 0.665. The normalized spacial score (nSPS) is 10.2. The van der Waals surface area contributed by atoms with E-state index in [1.807, 2.05) is 0 Å². The maximum absolute atomic E-state index is 13.6. The number of nitrogens with two attached hydrogens (primary N) is 1. The van der Waals surface area contributed by atoms with E-state index in [0.717, 1.165) is 0 Å². The van der Waals surface area contributed by atoms with E-state index in [9.17, 15) is 13.6 Å². The molecule has 1 heterocycles. The average molecular weight is 258 g/mol. The third-order valence-corrected chi connectivity index (χ3v) is 2.33. The molecule has 0 aliphatic carbocycles. The molecule has 3 N–H and O–H groups in total. The largest absolute Gasteiger partial charge is 0.381 e. The molecule has 0 aliphatic heterocycles. The van der Waals surface area contributed by atoms with E-state index in [2.05, 4.69) is 10.3 Å². The van der Waals surface area contributed by atoms with Crippen LogP contribution in [0.5, 0.6) is 0 Å². The lowest BCUT2D eigenvalue weighted by Crippen LogP contribution is -2.38. The Hall–Kier alpha value is -1.92. The first-order chi connectivity index (χ1) is 8.49. The zero-order valence-electron chi connectivity index (χ0n) is 10.3. The number of halogens is 2. The number of hydrogen-bond donors (Lipinski definition) is 2. The molecule has 0 radical (unpaired) electrons. The monoisotopic (exact) mass is 258 g/mol. The van der Waals surface area contributed by atoms with Crippen molar-refractivity contribution in [3.05, 3.63) is 17.7 Å². The lowest BCUT2D eigenvalue weighted by Gasteiger charge is -2.21. The Morgan fingerprint density at radius 2 is 2.11 bits per heavy atom. The fourth-order valence-corrected chi connectivity index (χ4v) is 1.46. The summed E-state index contributed by atoms with van der Waals surface area (Å²) in [4.78, 5) is 16.5. The van der Waals surface area contributed by atoms with Crippen molar-refractivity contribution in [2.24, 2.45) is 0 Å². The number of rotatable bonds is 5. The number of nitrogens with zero attached hydrogens (tertiary/aromatic N) is 2. The standard InChI is InChI=1S/C11H16F2N4O/c1-3-15-9(18)6-17(4-2)11-8(13)5-7(12)10(14)16-11/h5H,3-4,6H2,1-2H3,(H2,14,16)(H,15,18). The smallest absolute Gasteiger partial charge is 0.239 e. The molecule has 18 heavy (non-hydrogen) atoms. The predicted octanol–water partition coefficient (Wildman–Crippen LogP) is 0.904. The number of carbonyl (C=O) groups excluding carboxylic acids is 1. The van der Waals surface area contributed by atoms with Crippen LogP contribution in [0.3, 0.4) is 0 Å². The highest BCUT2D eigenvalue weighted by Crippen LogP contribution is 2.20. The van der Waals surface area contributed by atoms with Crippen LogP contribution in [-0.4, -0.2) is 30.5 Å². The number of amides is 1. The van der Waals surface area contributed by atoms with E-state index in [4.69, 9.17) is 5.73 Å². The van der Waals surface area contributed by atoms with E-state index in [0.29, 0.717) is 19.2 Å². The molecule has 100 valence electrons. The molecule has 0 atom stereocenters. The first kappa shape index (κ1) is 14.1. The summed E-state index contributed by atoms with van der Waals surface area (Å²) < 4.78 is 26.6. The molecule has 0 unspecified atom stereocenters. The van der Waals surface area contributed by atoms with Gasteiger partial charge in [0.2, 0.25) is 5.91 Å². The summed E-state index contributed by atoms with van der Waals surface area (Å²) in [6.07, 6.45) is 0. The van der Waals surface area contributed by atoms with Gasteiger partial charge in [0, 0.05) is 19.2 Å². The molecule has 0 spiro atoms. The van der Waals surface area contributed by atoms with Gasteiger partial charge in [-0.3, -0.25) is 4.79 Å². The van der Waals surface area contributed by atoms with Crippen molar-refractivity contribution in [1.82, 2.24) is 10.3 Å². The molecule has 1 rings (SSSR count). The Morgan fingerprint density at radius 1 is 1.44 bits per heavy atom. The number of hydrogen-bond acceptors (Lipinski definition) is 4. The average Bonchev–Trinajstić information content (AvgIpc) is 2.31. The number of carbonyl (C=O) groups is 1. The van der Waals surface area contributed by atoms with Crippen LogP contribution in [0.15, 0.2) is 6.07 Å². The number of pyridine rings is 1. The van der Waals surface area contributed by atoms with Gasteiger partial charge in [0.15, 0.2) is 23.3 Å². The van der Waals surface area contributed by atoms with E-state index in [-0.39, 0.29) is 24.1 Å². The van der Waals surface area contributed by atoms with Crippen LogP contribution in [-0.2, 0) is 4.79 Å². The second-order valence-electron chi connectivity index (χ2n) is 3.63. The van der Waals surface area contributed by atoms with E-state index < -0.39 is 11.6 Å². The summed E-state index contributed by atoms with van der Waals surface area (Å²) in [6.45, 7) is 4.30. The van der Waals surface area contributed by atoms with Crippen LogP contribution in [0, 0.1) is 11.6 Å². The summed E-state index contributed by atoms with van der Waals surface area (Å²) in [7, 11) is 0. The first-order valence-electron chi connectivity index (χ1n) is 5.62. The molecular weight excluding hydrogens is 242 g/mol. The summed E-state index contributed by atoms with van der Waals surface area (Å²) in [5.41, 5.74) is 5.29. The van der Waals surface area contributed by atoms with Gasteiger partial charge in [-0.25, -0.2) is 13.8 Å². The fourth-order valence-electron chi connectivity index (χ4n) is 1.46. The van der Waals surface area contributed by atoms with Crippen molar-refractivity contribution in [2.75, 3.05) is 30.3 Å². The molecule has 1 aromatic heterocycles. The quantitative estimate of drug-likeness (QED) is 0.823. The molecule has 7 heteroatoms. The van der Waals surface area contributed by atoms with Crippen molar-refractivity contribution in [2.45, 2.75) is 13.8 Å². The predicted molar refractivity (Wildman–Crippen MR) is 65.1 cm³/mol. The second kappa shape index (κ2) is 6.13. The third-order valence-electron chi connectivity index (χ3n) is 2.33. The van der Waals surface area contributed by atoms with Gasteiger partial charge < -0.3 is 16.0 Å². The van der Waals surface area contributed by atoms with E-state index >= 15 is 0 Å². The number of anilines is 2. The van der Waals surface area contributed by atoms with Crippen LogP contribution in [0.25, 0.3) is 0 Å². The minimum atomic E-state index is -0.912. The van der Waals surface area contributed by atoms with Crippen LogP contribution < -0.4 is 16.0 Å². The molecule has 5 nitrogen and oxygen atoms in total. The molecule has 1 amide bonds. The second-order valence-corrected chi connectivity index (χ2v) is 3.63. The van der Waals surface area contributed by atoms with Gasteiger partial charge in [-0.15, -0.1) is 0 Å². The summed E-state index contributed by atoms with van der Waals surface area (Å²) >= 11 is 0. The Bertz CT molecular complexity index is 439. The highest BCUT2D eigenvalue weighted by Gasteiger charge is 2.17. The zero-order chi connectivity index (χ0) is 13.7. The Balaban J connectivity index is 2.95.